The average Bonchev–Trinajstić information content (AvgIpc) is 2.81. The Morgan fingerprint density at radius 1 is 0.879 bits per heavy atom. The van der Waals surface area contributed by atoms with Gasteiger partial charge in [0.2, 0.25) is 11.8 Å². The number of hydrogen-bond donors (Lipinski definition) is 2. The molecule has 0 aromatic heterocycles. The summed E-state index contributed by atoms with van der Waals surface area (Å²) in [5.41, 5.74) is 0.859. The number of imide groups is 1. The number of anilines is 1. The van der Waals surface area contributed by atoms with Crippen LogP contribution in [0.5, 0.6) is 0 Å². The summed E-state index contributed by atoms with van der Waals surface area (Å²) in [6.45, 7) is 5.58. The van der Waals surface area contributed by atoms with Crippen LogP contribution >= 0.6 is 0 Å². The van der Waals surface area contributed by atoms with Crippen molar-refractivity contribution in [1.29, 1.82) is 0 Å². The normalized spacial score (nSPS) is 27.1. The highest BCUT2D eigenvalue weighted by atomic mass is 19.1. The van der Waals surface area contributed by atoms with Crippen molar-refractivity contribution in [1.82, 2.24) is 15.5 Å². The predicted molar refractivity (Wildman–Crippen MR) is 122 cm³/mol. The number of piperidine rings is 2. The van der Waals surface area contributed by atoms with Crippen molar-refractivity contribution in [2.24, 2.45) is 5.41 Å². The molecule has 3 aliphatic heterocycles. The molecule has 1 atom stereocenters. The van der Waals surface area contributed by atoms with E-state index in [2.05, 4.69) is 15.5 Å². The summed E-state index contributed by atoms with van der Waals surface area (Å²) in [5.74, 6) is -3.38. The highest BCUT2D eigenvalue weighted by Gasteiger charge is 2.38. The lowest BCUT2D eigenvalue weighted by molar-refractivity contribution is -0.134. The number of carbonyl (C=O) groups excluding carboxylic acids is 2. The van der Waals surface area contributed by atoms with Crippen molar-refractivity contribution in [2.75, 3.05) is 44.2 Å². The Morgan fingerprint density at radius 2 is 1.52 bits per heavy atom. The van der Waals surface area contributed by atoms with Gasteiger partial charge in [0.15, 0.2) is 0 Å². The Bertz CT molecular complexity index is 877. The van der Waals surface area contributed by atoms with E-state index in [-0.39, 0.29) is 18.4 Å². The summed E-state index contributed by atoms with van der Waals surface area (Å²) >= 11 is 0. The maximum Gasteiger partial charge on any atom is 0.234 e. The first-order chi connectivity index (χ1) is 15.9. The average molecular weight is 461 g/mol. The lowest BCUT2D eigenvalue weighted by Gasteiger charge is -2.47. The Kier molecular flexibility index (Phi) is 6.40. The quantitative estimate of drug-likeness (QED) is 0.680. The second-order valence-electron chi connectivity index (χ2n) is 10.3. The summed E-state index contributed by atoms with van der Waals surface area (Å²) in [6.07, 6.45) is 7.98. The van der Waals surface area contributed by atoms with Gasteiger partial charge in [-0.25, -0.2) is 8.78 Å². The zero-order valence-corrected chi connectivity index (χ0v) is 19.2. The third-order valence-electron chi connectivity index (χ3n) is 8.53. The standard InChI is InChI=1S/C25H34F2N4O2/c26-20-15-18(16-21(27)23(20)19-1-2-22(32)29-24(19)33)31-13-11-30(12-14-31)17-3-5-25(6-4-17)7-9-28-10-8-25/h15-17,19,28H,1-14H2,(H,29,32,33). The minimum absolute atomic E-state index is 0.0954. The Hall–Kier alpha value is -2.06. The topological polar surface area (TPSA) is 64.7 Å². The molecule has 180 valence electrons. The number of rotatable bonds is 3. The maximum absolute atomic E-state index is 14.9. The van der Waals surface area contributed by atoms with Gasteiger partial charge in [0.25, 0.3) is 0 Å². The molecule has 2 amide bonds. The van der Waals surface area contributed by atoms with E-state index in [1.54, 1.807) is 0 Å². The van der Waals surface area contributed by atoms with E-state index in [0.717, 1.165) is 39.3 Å². The molecule has 1 aliphatic carbocycles. The third kappa shape index (κ3) is 4.64. The van der Waals surface area contributed by atoms with Crippen LogP contribution in [0.4, 0.5) is 14.5 Å². The number of amides is 2. The molecule has 8 heteroatoms. The van der Waals surface area contributed by atoms with E-state index in [9.17, 15) is 18.4 Å². The second kappa shape index (κ2) is 9.29. The van der Waals surface area contributed by atoms with Gasteiger partial charge < -0.3 is 10.2 Å². The van der Waals surface area contributed by atoms with Gasteiger partial charge >= 0.3 is 0 Å². The molecular formula is C25H34F2N4O2. The molecule has 1 saturated carbocycles. The van der Waals surface area contributed by atoms with Crippen LogP contribution in [0.25, 0.3) is 0 Å². The first-order valence-corrected chi connectivity index (χ1v) is 12.5. The van der Waals surface area contributed by atoms with Gasteiger partial charge in [0.05, 0.1) is 5.92 Å². The van der Waals surface area contributed by atoms with E-state index in [0.29, 0.717) is 17.1 Å². The number of halogens is 2. The molecule has 1 aromatic carbocycles. The zero-order chi connectivity index (χ0) is 23.0. The summed E-state index contributed by atoms with van der Waals surface area (Å²) in [6, 6.07) is 3.31. The van der Waals surface area contributed by atoms with Crippen LogP contribution in [-0.4, -0.2) is 62.0 Å². The van der Waals surface area contributed by atoms with E-state index >= 15 is 0 Å². The van der Waals surface area contributed by atoms with Crippen molar-refractivity contribution >= 4 is 17.5 Å². The minimum atomic E-state index is -0.955. The Balaban J connectivity index is 1.19. The van der Waals surface area contributed by atoms with Gasteiger partial charge in [-0.2, -0.15) is 0 Å². The van der Waals surface area contributed by atoms with Crippen LogP contribution in [0, 0.1) is 17.0 Å². The van der Waals surface area contributed by atoms with Gasteiger partial charge in [0.1, 0.15) is 11.6 Å². The van der Waals surface area contributed by atoms with E-state index < -0.39 is 29.4 Å². The molecule has 6 nitrogen and oxygen atoms in total. The number of carbonyl (C=O) groups is 2. The number of hydrogen-bond acceptors (Lipinski definition) is 5. The first kappa shape index (κ1) is 22.7. The molecular weight excluding hydrogens is 426 g/mol. The lowest BCUT2D eigenvalue weighted by atomic mass is 9.67. The minimum Gasteiger partial charge on any atom is -0.369 e. The van der Waals surface area contributed by atoms with Crippen LogP contribution in [0.2, 0.25) is 0 Å². The molecule has 0 radical (unpaired) electrons. The summed E-state index contributed by atoms with van der Waals surface area (Å²) < 4.78 is 29.8. The second-order valence-corrected chi connectivity index (χ2v) is 10.3. The molecule has 1 aromatic rings. The molecule has 33 heavy (non-hydrogen) atoms. The highest BCUT2D eigenvalue weighted by Crippen LogP contribution is 2.44. The van der Waals surface area contributed by atoms with Gasteiger partial charge in [0, 0.05) is 49.9 Å². The van der Waals surface area contributed by atoms with Crippen LogP contribution in [0.1, 0.15) is 62.8 Å². The van der Waals surface area contributed by atoms with Crippen molar-refractivity contribution < 1.29 is 18.4 Å². The fourth-order valence-electron chi connectivity index (χ4n) is 6.44. The van der Waals surface area contributed by atoms with Gasteiger partial charge in [-0.3, -0.25) is 19.8 Å². The van der Waals surface area contributed by atoms with Crippen LogP contribution in [0.3, 0.4) is 0 Å². The summed E-state index contributed by atoms with van der Waals surface area (Å²) in [5, 5.41) is 5.67. The van der Waals surface area contributed by atoms with Gasteiger partial charge in [-0.1, -0.05) is 0 Å². The Morgan fingerprint density at radius 3 is 2.12 bits per heavy atom. The Labute approximate surface area is 194 Å². The van der Waals surface area contributed by atoms with Gasteiger partial charge in [-0.15, -0.1) is 0 Å². The van der Waals surface area contributed by atoms with Crippen molar-refractivity contribution in [3.05, 3.63) is 29.3 Å². The smallest absolute Gasteiger partial charge is 0.234 e. The number of piperazine rings is 1. The maximum atomic E-state index is 14.9. The molecule has 4 aliphatic rings. The predicted octanol–water partition coefficient (Wildman–Crippen LogP) is 2.92. The van der Waals surface area contributed by atoms with E-state index in [4.69, 9.17) is 0 Å². The molecule has 5 rings (SSSR count). The van der Waals surface area contributed by atoms with Gasteiger partial charge in [-0.05, 0) is 75.6 Å². The first-order valence-electron chi connectivity index (χ1n) is 12.5. The molecule has 1 spiro atoms. The molecule has 3 saturated heterocycles. The van der Waals surface area contributed by atoms with Crippen LogP contribution < -0.4 is 15.5 Å². The number of nitrogens with zero attached hydrogens (tertiary/aromatic N) is 2. The lowest BCUT2D eigenvalue weighted by Crippen LogP contribution is -2.52. The fraction of sp³-hybridized carbons (Fsp3) is 0.680. The molecule has 2 N–H and O–H groups in total. The SMILES string of the molecule is O=C1CCC(c2c(F)cc(N3CCN(C4CCC5(CCNCC5)CC4)CC3)cc2F)C(=O)N1. The summed E-state index contributed by atoms with van der Waals surface area (Å²) in [4.78, 5) is 28.1. The van der Waals surface area contributed by atoms with Crippen LogP contribution in [0.15, 0.2) is 12.1 Å². The molecule has 1 unspecified atom stereocenters. The summed E-state index contributed by atoms with van der Waals surface area (Å²) in [7, 11) is 0. The van der Waals surface area contributed by atoms with Crippen molar-refractivity contribution in [3.8, 4) is 0 Å². The third-order valence-corrected chi connectivity index (χ3v) is 8.53. The molecule has 3 heterocycles. The zero-order valence-electron chi connectivity index (χ0n) is 19.2. The number of benzene rings is 1. The van der Waals surface area contributed by atoms with Crippen molar-refractivity contribution in [2.45, 2.75) is 63.3 Å². The monoisotopic (exact) mass is 460 g/mol. The number of nitrogens with one attached hydrogen (secondary N) is 2. The largest absolute Gasteiger partial charge is 0.369 e. The fourth-order valence-corrected chi connectivity index (χ4v) is 6.44. The van der Waals surface area contributed by atoms with Crippen molar-refractivity contribution in [3.63, 3.8) is 0 Å². The van der Waals surface area contributed by atoms with Crippen LogP contribution in [-0.2, 0) is 9.59 Å². The molecule has 0 bridgehead atoms. The molecule has 4 fully saturated rings. The highest BCUT2D eigenvalue weighted by molar-refractivity contribution is 6.01. The van der Waals surface area contributed by atoms with E-state index in [1.807, 2.05) is 4.90 Å². The van der Waals surface area contributed by atoms with E-state index in [1.165, 1.54) is 50.7 Å².